The molecule has 0 unspecified atom stereocenters. The molecule has 0 amide bonds. The Bertz CT molecular complexity index is 289. The fraction of sp³-hybridized carbons (Fsp3) is 0.455. The molecule has 3 heteroatoms. The third kappa shape index (κ3) is 3.50. The molecule has 14 heavy (non-hydrogen) atoms. The predicted molar refractivity (Wildman–Crippen MR) is 64.1 cm³/mol. The molecule has 0 heterocycles. The molecule has 0 atom stereocenters. The number of rotatable bonds is 5. The van der Waals surface area contributed by atoms with Crippen LogP contribution in [-0.2, 0) is 0 Å². The lowest BCUT2D eigenvalue weighted by Crippen LogP contribution is -2.01. The number of ether oxygens (including phenoxy) is 1. The number of thioether (sulfide) groups is 1. The summed E-state index contributed by atoms with van der Waals surface area (Å²) in [5, 5.41) is 0. The largest absolute Gasteiger partial charge is 0.491 e. The van der Waals surface area contributed by atoms with Crippen LogP contribution in [0.25, 0.3) is 0 Å². The van der Waals surface area contributed by atoms with Gasteiger partial charge in [-0.2, -0.15) is 11.8 Å². The third-order valence-corrected chi connectivity index (χ3v) is 2.62. The van der Waals surface area contributed by atoms with Crippen molar-refractivity contribution in [2.24, 2.45) is 0 Å². The quantitative estimate of drug-likeness (QED) is 0.601. The highest BCUT2D eigenvalue weighted by molar-refractivity contribution is 7.98. The summed E-state index contributed by atoms with van der Waals surface area (Å²) in [5.41, 5.74) is 7.68. The van der Waals surface area contributed by atoms with Gasteiger partial charge in [0, 0.05) is 0 Å². The Hall–Kier alpha value is -0.830. The topological polar surface area (TPSA) is 35.2 Å². The van der Waals surface area contributed by atoms with E-state index in [0.29, 0.717) is 0 Å². The van der Waals surface area contributed by atoms with Gasteiger partial charge in [-0.1, -0.05) is 6.07 Å². The van der Waals surface area contributed by atoms with Crippen LogP contribution in [0, 0.1) is 6.92 Å². The van der Waals surface area contributed by atoms with Crippen molar-refractivity contribution < 1.29 is 4.74 Å². The van der Waals surface area contributed by atoms with Crippen LogP contribution in [0.1, 0.15) is 12.0 Å². The smallest absolute Gasteiger partial charge is 0.142 e. The molecule has 0 aliphatic heterocycles. The van der Waals surface area contributed by atoms with E-state index in [4.69, 9.17) is 10.5 Å². The molecule has 0 bridgehead atoms. The molecule has 2 nitrogen and oxygen atoms in total. The van der Waals surface area contributed by atoms with Gasteiger partial charge >= 0.3 is 0 Å². The van der Waals surface area contributed by atoms with Crippen LogP contribution < -0.4 is 10.5 Å². The lowest BCUT2D eigenvalue weighted by atomic mass is 10.2. The average molecular weight is 211 g/mol. The zero-order valence-corrected chi connectivity index (χ0v) is 9.56. The first-order valence-electron chi connectivity index (χ1n) is 4.72. The van der Waals surface area contributed by atoms with Gasteiger partial charge in [0.2, 0.25) is 0 Å². The Morgan fingerprint density at radius 1 is 1.43 bits per heavy atom. The van der Waals surface area contributed by atoms with E-state index >= 15 is 0 Å². The molecule has 0 fully saturated rings. The van der Waals surface area contributed by atoms with Crippen molar-refractivity contribution in [1.82, 2.24) is 0 Å². The fourth-order valence-electron chi connectivity index (χ4n) is 1.15. The number of benzene rings is 1. The van der Waals surface area contributed by atoms with Gasteiger partial charge in [-0.15, -0.1) is 0 Å². The standard InChI is InChI=1S/C11H17NOS/c1-9-4-5-10(12)11(8-9)13-6-3-7-14-2/h4-5,8H,3,6-7,12H2,1-2H3. The van der Waals surface area contributed by atoms with E-state index in [1.807, 2.05) is 36.9 Å². The molecule has 1 rings (SSSR count). The Kier molecular flexibility index (Phi) is 4.66. The van der Waals surface area contributed by atoms with Gasteiger partial charge in [0.1, 0.15) is 5.75 Å². The van der Waals surface area contributed by atoms with Crippen molar-refractivity contribution in [2.75, 3.05) is 24.3 Å². The molecule has 0 saturated heterocycles. The van der Waals surface area contributed by atoms with Crippen LogP contribution in [0.4, 0.5) is 5.69 Å². The second kappa shape index (κ2) is 5.81. The van der Waals surface area contributed by atoms with Gasteiger partial charge in [-0.05, 0) is 43.0 Å². The minimum absolute atomic E-state index is 0.722. The molecule has 1 aromatic carbocycles. The minimum atomic E-state index is 0.722. The normalized spacial score (nSPS) is 10.1. The molecule has 1 aromatic rings. The summed E-state index contributed by atoms with van der Waals surface area (Å²) in [6.07, 6.45) is 3.16. The number of anilines is 1. The average Bonchev–Trinajstić information content (AvgIpc) is 2.18. The first-order chi connectivity index (χ1) is 6.74. The van der Waals surface area contributed by atoms with E-state index in [-0.39, 0.29) is 0 Å². The van der Waals surface area contributed by atoms with Crippen molar-refractivity contribution in [2.45, 2.75) is 13.3 Å². The highest BCUT2D eigenvalue weighted by Crippen LogP contribution is 2.22. The Labute approximate surface area is 89.8 Å². The summed E-state index contributed by atoms with van der Waals surface area (Å²) in [7, 11) is 0. The number of nitrogen functional groups attached to an aromatic ring is 1. The summed E-state index contributed by atoms with van der Waals surface area (Å²) in [5.74, 6) is 1.94. The molecule has 0 aliphatic carbocycles. The molecular formula is C11H17NOS. The van der Waals surface area contributed by atoms with Gasteiger partial charge < -0.3 is 10.5 Å². The van der Waals surface area contributed by atoms with Crippen LogP contribution in [0.5, 0.6) is 5.75 Å². The maximum atomic E-state index is 5.77. The van der Waals surface area contributed by atoms with E-state index in [1.54, 1.807) is 0 Å². The van der Waals surface area contributed by atoms with Crippen LogP contribution >= 0.6 is 11.8 Å². The highest BCUT2D eigenvalue weighted by Gasteiger charge is 1.99. The lowest BCUT2D eigenvalue weighted by Gasteiger charge is -2.08. The molecular weight excluding hydrogens is 194 g/mol. The van der Waals surface area contributed by atoms with Crippen LogP contribution in [-0.4, -0.2) is 18.6 Å². The number of hydrogen-bond acceptors (Lipinski definition) is 3. The number of aryl methyl sites for hydroxylation is 1. The molecule has 0 aliphatic rings. The van der Waals surface area contributed by atoms with E-state index in [1.165, 1.54) is 5.56 Å². The van der Waals surface area contributed by atoms with Gasteiger partial charge in [0.25, 0.3) is 0 Å². The first kappa shape index (κ1) is 11.2. The van der Waals surface area contributed by atoms with Crippen LogP contribution in [0.3, 0.4) is 0 Å². The Morgan fingerprint density at radius 3 is 2.93 bits per heavy atom. The van der Waals surface area contributed by atoms with Crippen molar-refractivity contribution in [1.29, 1.82) is 0 Å². The van der Waals surface area contributed by atoms with E-state index in [9.17, 15) is 0 Å². The molecule has 2 N–H and O–H groups in total. The van der Waals surface area contributed by atoms with Gasteiger partial charge in [0.15, 0.2) is 0 Å². The van der Waals surface area contributed by atoms with E-state index < -0.39 is 0 Å². The lowest BCUT2D eigenvalue weighted by molar-refractivity contribution is 0.320. The van der Waals surface area contributed by atoms with E-state index in [0.717, 1.165) is 30.2 Å². The molecule has 78 valence electrons. The summed E-state index contributed by atoms with van der Waals surface area (Å²) >= 11 is 1.83. The first-order valence-corrected chi connectivity index (χ1v) is 6.11. The minimum Gasteiger partial charge on any atom is -0.491 e. The number of hydrogen-bond donors (Lipinski definition) is 1. The monoisotopic (exact) mass is 211 g/mol. The summed E-state index contributed by atoms with van der Waals surface area (Å²) in [4.78, 5) is 0. The molecule has 0 spiro atoms. The third-order valence-electron chi connectivity index (χ3n) is 1.92. The van der Waals surface area contributed by atoms with Crippen LogP contribution in [0.15, 0.2) is 18.2 Å². The molecule has 0 saturated carbocycles. The summed E-state index contributed by atoms with van der Waals surface area (Å²) < 4.78 is 5.58. The van der Waals surface area contributed by atoms with Crippen molar-refractivity contribution in [3.05, 3.63) is 23.8 Å². The van der Waals surface area contributed by atoms with Crippen molar-refractivity contribution in [3.8, 4) is 5.75 Å². The van der Waals surface area contributed by atoms with E-state index in [2.05, 4.69) is 6.26 Å². The van der Waals surface area contributed by atoms with Crippen molar-refractivity contribution in [3.63, 3.8) is 0 Å². The van der Waals surface area contributed by atoms with Crippen LogP contribution in [0.2, 0.25) is 0 Å². The zero-order valence-electron chi connectivity index (χ0n) is 8.75. The number of nitrogens with two attached hydrogens (primary N) is 1. The van der Waals surface area contributed by atoms with Crippen molar-refractivity contribution >= 4 is 17.4 Å². The maximum absolute atomic E-state index is 5.77. The fourth-order valence-corrected chi connectivity index (χ4v) is 1.56. The molecule has 0 radical (unpaired) electrons. The SMILES string of the molecule is CSCCCOc1cc(C)ccc1N. The maximum Gasteiger partial charge on any atom is 0.142 e. The van der Waals surface area contributed by atoms with Gasteiger partial charge in [0.05, 0.1) is 12.3 Å². The summed E-state index contributed by atoms with van der Waals surface area (Å²) in [6.45, 7) is 2.78. The second-order valence-corrected chi connectivity index (χ2v) is 4.22. The predicted octanol–water partition coefficient (Wildman–Crippen LogP) is 2.71. The Balaban J connectivity index is 2.45. The Morgan fingerprint density at radius 2 is 2.21 bits per heavy atom. The summed E-state index contributed by atoms with van der Waals surface area (Å²) in [6, 6.07) is 5.86. The van der Waals surface area contributed by atoms with Gasteiger partial charge in [-0.25, -0.2) is 0 Å². The molecule has 0 aromatic heterocycles. The highest BCUT2D eigenvalue weighted by atomic mass is 32.2. The second-order valence-electron chi connectivity index (χ2n) is 3.24. The van der Waals surface area contributed by atoms with Gasteiger partial charge in [-0.3, -0.25) is 0 Å². The zero-order chi connectivity index (χ0) is 10.4.